The van der Waals surface area contributed by atoms with E-state index in [1.54, 1.807) is 4.68 Å². The fraction of sp³-hybridized carbons (Fsp3) is 0.615. The Hall–Kier alpha value is -0.840. The average molecular weight is 270 g/mol. The van der Waals surface area contributed by atoms with E-state index in [1.807, 2.05) is 7.05 Å². The molecule has 1 aliphatic rings. The predicted molar refractivity (Wildman–Crippen MR) is 72.6 cm³/mol. The highest BCUT2D eigenvalue weighted by molar-refractivity contribution is 6.30. The van der Waals surface area contributed by atoms with Crippen molar-refractivity contribution in [2.45, 2.75) is 32.4 Å². The van der Waals surface area contributed by atoms with Crippen molar-refractivity contribution >= 4 is 11.6 Å². The number of aromatic nitrogens is 2. The predicted octanol–water partition coefficient (Wildman–Crippen LogP) is 1.66. The van der Waals surface area contributed by atoms with E-state index in [2.05, 4.69) is 29.5 Å². The maximum absolute atomic E-state index is 9.09. The van der Waals surface area contributed by atoms with Gasteiger partial charge in [0.15, 0.2) is 0 Å². The van der Waals surface area contributed by atoms with Gasteiger partial charge in [-0.05, 0) is 12.8 Å². The molecular weight excluding hydrogens is 250 g/mol. The van der Waals surface area contributed by atoms with Crippen molar-refractivity contribution in [2.75, 3.05) is 6.61 Å². The fourth-order valence-corrected chi connectivity index (χ4v) is 2.57. The Balaban J connectivity index is 1.97. The number of hydrogen-bond acceptors (Lipinski definition) is 3. The highest BCUT2D eigenvalue weighted by atomic mass is 35.5. The van der Waals surface area contributed by atoms with Crippen LogP contribution in [0.5, 0.6) is 0 Å². The van der Waals surface area contributed by atoms with Crippen LogP contribution in [-0.2, 0) is 20.0 Å². The first-order valence-electron chi connectivity index (χ1n) is 6.38. The Morgan fingerprint density at radius 2 is 2.33 bits per heavy atom. The number of halogens is 1. The minimum Gasteiger partial charge on any atom is -0.396 e. The van der Waals surface area contributed by atoms with E-state index in [1.165, 1.54) is 0 Å². The zero-order chi connectivity index (χ0) is 13.1. The van der Waals surface area contributed by atoms with E-state index in [4.69, 9.17) is 16.7 Å². The van der Waals surface area contributed by atoms with Gasteiger partial charge in [0.25, 0.3) is 0 Å². The third-order valence-electron chi connectivity index (χ3n) is 3.43. The molecular formula is C13H20ClN3O. The monoisotopic (exact) mass is 269 g/mol. The first kappa shape index (κ1) is 13.6. The van der Waals surface area contributed by atoms with Gasteiger partial charge in [0, 0.05) is 37.7 Å². The summed E-state index contributed by atoms with van der Waals surface area (Å²) in [6.07, 6.45) is 6.03. The number of aliphatic hydroxyl groups excluding tert-OH is 1. The Kier molecular flexibility index (Phi) is 4.43. The SMILES string of the molecule is CCc1nn(C)c(Cl)c1CN[C@@H]1C=C[C@H](CO)C1. The van der Waals surface area contributed by atoms with Gasteiger partial charge in [-0.3, -0.25) is 4.68 Å². The van der Waals surface area contributed by atoms with E-state index >= 15 is 0 Å². The van der Waals surface area contributed by atoms with Crippen LogP contribution in [0.4, 0.5) is 0 Å². The third kappa shape index (κ3) is 2.76. The molecule has 2 atom stereocenters. The van der Waals surface area contributed by atoms with Crippen LogP contribution in [0.3, 0.4) is 0 Å². The van der Waals surface area contributed by atoms with Gasteiger partial charge in [0.05, 0.1) is 5.69 Å². The molecule has 0 aromatic carbocycles. The zero-order valence-electron chi connectivity index (χ0n) is 10.9. The van der Waals surface area contributed by atoms with Crippen LogP contribution in [0.1, 0.15) is 24.6 Å². The Morgan fingerprint density at radius 1 is 1.56 bits per heavy atom. The van der Waals surface area contributed by atoms with Crippen LogP contribution in [-0.4, -0.2) is 27.5 Å². The molecule has 0 saturated heterocycles. The van der Waals surface area contributed by atoms with Gasteiger partial charge in [-0.25, -0.2) is 0 Å². The highest BCUT2D eigenvalue weighted by Gasteiger charge is 2.19. The molecule has 0 saturated carbocycles. The Morgan fingerprint density at radius 3 is 2.94 bits per heavy atom. The molecule has 0 fully saturated rings. The quantitative estimate of drug-likeness (QED) is 0.800. The summed E-state index contributed by atoms with van der Waals surface area (Å²) in [4.78, 5) is 0. The van der Waals surface area contributed by atoms with Crippen LogP contribution in [0, 0.1) is 5.92 Å². The lowest BCUT2D eigenvalue weighted by Gasteiger charge is -2.12. The van der Waals surface area contributed by atoms with Gasteiger partial charge in [0.2, 0.25) is 0 Å². The number of rotatable bonds is 5. The van der Waals surface area contributed by atoms with Crippen molar-refractivity contribution < 1.29 is 5.11 Å². The van der Waals surface area contributed by atoms with Crippen LogP contribution in [0.2, 0.25) is 5.15 Å². The van der Waals surface area contributed by atoms with E-state index in [9.17, 15) is 0 Å². The minimum absolute atomic E-state index is 0.225. The normalized spacial score (nSPS) is 22.9. The largest absolute Gasteiger partial charge is 0.396 e. The van der Waals surface area contributed by atoms with Crippen molar-refractivity contribution in [3.63, 3.8) is 0 Å². The van der Waals surface area contributed by atoms with Crippen molar-refractivity contribution in [3.05, 3.63) is 28.6 Å². The summed E-state index contributed by atoms with van der Waals surface area (Å²) in [7, 11) is 1.86. The molecule has 1 aromatic rings. The van der Waals surface area contributed by atoms with E-state index < -0.39 is 0 Å². The summed E-state index contributed by atoms with van der Waals surface area (Å²) in [5, 5.41) is 17.6. The lowest BCUT2D eigenvalue weighted by atomic mass is 10.1. The molecule has 0 radical (unpaired) electrons. The Bertz CT molecular complexity index is 442. The number of nitrogens with one attached hydrogen (secondary N) is 1. The second-order valence-corrected chi connectivity index (χ2v) is 5.10. The highest BCUT2D eigenvalue weighted by Crippen LogP contribution is 2.22. The van der Waals surface area contributed by atoms with Crippen LogP contribution in [0.15, 0.2) is 12.2 Å². The summed E-state index contributed by atoms with van der Waals surface area (Å²) in [6, 6.07) is 0.322. The van der Waals surface area contributed by atoms with Crippen molar-refractivity contribution in [1.29, 1.82) is 0 Å². The zero-order valence-corrected chi connectivity index (χ0v) is 11.6. The fourth-order valence-electron chi connectivity index (χ4n) is 2.35. The van der Waals surface area contributed by atoms with Gasteiger partial charge in [-0.2, -0.15) is 5.10 Å². The maximum atomic E-state index is 9.09. The summed E-state index contributed by atoms with van der Waals surface area (Å²) in [6.45, 7) is 3.03. The number of aliphatic hydroxyl groups is 1. The molecule has 5 heteroatoms. The van der Waals surface area contributed by atoms with Gasteiger partial charge >= 0.3 is 0 Å². The molecule has 0 amide bonds. The van der Waals surface area contributed by atoms with Gasteiger partial charge in [0.1, 0.15) is 5.15 Å². The molecule has 0 bridgehead atoms. The van der Waals surface area contributed by atoms with Crippen LogP contribution in [0.25, 0.3) is 0 Å². The molecule has 2 N–H and O–H groups in total. The average Bonchev–Trinajstić information content (AvgIpc) is 2.94. The second-order valence-electron chi connectivity index (χ2n) is 4.74. The lowest BCUT2D eigenvalue weighted by Crippen LogP contribution is -2.26. The van der Waals surface area contributed by atoms with Crippen molar-refractivity contribution in [3.8, 4) is 0 Å². The second kappa shape index (κ2) is 5.87. The number of nitrogens with zero attached hydrogens (tertiary/aromatic N) is 2. The van der Waals surface area contributed by atoms with Gasteiger partial charge < -0.3 is 10.4 Å². The summed E-state index contributed by atoms with van der Waals surface area (Å²) < 4.78 is 1.72. The van der Waals surface area contributed by atoms with Crippen LogP contribution >= 0.6 is 11.6 Å². The molecule has 4 nitrogen and oxygen atoms in total. The smallest absolute Gasteiger partial charge is 0.131 e. The van der Waals surface area contributed by atoms with Crippen molar-refractivity contribution in [1.82, 2.24) is 15.1 Å². The van der Waals surface area contributed by atoms with Gasteiger partial charge in [-0.1, -0.05) is 30.7 Å². The van der Waals surface area contributed by atoms with Crippen LogP contribution < -0.4 is 5.32 Å². The van der Waals surface area contributed by atoms with E-state index in [0.717, 1.165) is 30.6 Å². The summed E-state index contributed by atoms with van der Waals surface area (Å²) >= 11 is 6.24. The minimum atomic E-state index is 0.225. The molecule has 100 valence electrons. The summed E-state index contributed by atoms with van der Waals surface area (Å²) in [5.74, 6) is 0.289. The molecule has 18 heavy (non-hydrogen) atoms. The molecule has 2 rings (SSSR count). The topological polar surface area (TPSA) is 50.1 Å². The maximum Gasteiger partial charge on any atom is 0.131 e. The molecule has 1 heterocycles. The Labute approximate surface area is 113 Å². The van der Waals surface area contributed by atoms with E-state index in [0.29, 0.717) is 11.2 Å². The van der Waals surface area contributed by atoms with Gasteiger partial charge in [-0.15, -0.1) is 0 Å². The molecule has 0 spiro atoms. The lowest BCUT2D eigenvalue weighted by molar-refractivity contribution is 0.246. The van der Waals surface area contributed by atoms with Crippen molar-refractivity contribution in [2.24, 2.45) is 13.0 Å². The summed E-state index contributed by atoms with van der Waals surface area (Å²) in [5.41, 5.74) is 2.14. The van der Waals surface area contributed by atoms with E-state index in [-0.39, 0.29) is 12.5 Å². The molecule has 1 aromatic heterocycles. The first-order chi connectivity index (χ1) is 8.65. The molecule has 1 aliphatic carbocycles. The molecule has 0 aliphatic heterocycles. The third-order valence-corrected chi connectivity index (χ3v) is 3.91. The number of hydrogen-bond donors (Lipinski definition) is 2. The standard InChI is InChI=1S/C13H20ClN3O/c1-3-12-11(13(14)17(2)16-12)7-15-10-5-4-9(6-10)8-18/h4-5,9-10,15,18H,3,6-8H2,1-2H3/t9-,10+/m0/s1. The first-order valence-corrected chi connectivity index (χ1v) is 6.76. The molecule has 0 unspecified atom stereocenters. The number of aryl methyl sites for hydroxylation is 2.